The second-order valence-electron chi connectivity index (χ2n) is 5.17. The van der Waals surface area contributed by atoms with E-state index in [1.165, 1.54) is 12.1 Å². The zero-order valence-electron chi connectivity index (χ0n) is 13.4. The van der Waals surface area contributed by atoms with E-state index in [0.29, 0.717) is 5.02 Å². The smallest absolute Gasteiger partial charge is 0.331 e. The van der Waals surface area contributed by atoms with Gasteiger partial charge in [0.25, 0.3) is 0 Å². The minimum absolute atomic E-state index is 0.0185. The third-order valence-electron chi connectivity index (χ3n) is 3.55. The number of amides is 1. The highest BCUT2D eigenvalue weighted by atomic mass is 35.5. The highest BCUT2D eigenvalue weighted by Gasteiger charge is 2.39. The van der Waals surface area contributed by atoms with Crippen LogP contribution >= 0.6 is 11.6 Å². The van der Waals surface area contributed by atoms with Crippen LogP contribution in [0, 0.1) is 0 Å². The van der Waals surface area contributed by atoms with Crippen molar-refractivity contribution < 1.29 is 19.1 Å². The van der Waals surface area contributed by atoms with Gasteiger partial charge < -0.3 is 10.5 Å². The zero-order valence-corrected chi connectivity index (χ0v) is 14.2. The monoisotopic (exact) mass is 351 g/mol. The molecule has 0 saturated carbocycles. The number of benzene rings is 1. The largest absolute Gasteiger partial charge is 0.464 e. The summed E-state index contributed by atoms with van der Waals surface area (Å²) in [5.74, 6) is -1.42. The summed E-state index contributed by atoms with van der Waals surface area (Å²) in [6.45, 7) is 3.49. The maximum absolute atomic E-state index is 12.6. The van der Waals surface area contributed by atoms with Gasteiger partial charge in [-0.25, -0.2) is 9.80 Å². The fraction of sp³-hybridized carbons (Fsp3) is 0.375. The molecule has 1 aromatic carbocycles. The summed E-state index contributed by atoms with van der Waals surface area (Å²) >= 11 is 5.90. The van der Waals surface area contributed by atoms with Crippen molar-refractivity contribution in [3.63, 3.8) is 0 Å². The van der Waals surface area contributed by atoms with E-state index in [-0.39, 0.29) is 42.3 Å². The number of Topliss-reactive ketones (excluding diaryl/α,β-unsaturated/α-hetero) is 1. The van der Waals surface area contributed by atoms with Crippen molar-refractivity contribution >= 4 is 40.7 Å². The molecule has 128 valence electrons. The molecule has 0 fully saturated rings. The Labute approximate surface area is 144 Å². The first kappa shape index (κ1) is 17.9. The molecule has 1 heterocycles. The molecule has 1 amide bonds. The number of hydrazone groups is 1. The Hall–Kier alpha value is -2.41. The lowest BCUT2D eigenvalue weighted by atomic mass is 10.0. The van der Waals surface area contributed by atoms with Crippen molar-refractivity contribution in [1.29, 1.82) is 0 Å². The molecule has 8 heteroatoms. The van der Waals surface area contributed by atoms with Crippen LogP contribution in [0.3, 0.4) is 0 Å². The number of hydrogen-bond acceptors (Lipinski definition) is 6. The van der Waals surface area contributed by atoms with Gasteiger partial charge in [-0.3, -0.25) is 9.59 Å². The van der Waals surface area contributed by atoms with Crippen LogP contribution in [-0.4, -0.2) is 41.0 Å². The number of nitrogens with two attached hydrogens (primary N) is 1. The van der Waals surface area contributed by atoms with E-state index in [4.69, 9.17) is 22.1 Å². The average Bonchev–Trinajstić information content (AvgIpc) is 3.01. The summed E-state index contributed by atoms with van der Waals surface area (Å²) in [5.41, 5.74) is 6.33. The number of halogens is 1. The number of ether oxygens (including phenoxy) is 1. The lowest BCUT2D eigenvalue weighted by molar-refractivity contribution is -0.153. The number of ketones is 1. The molecule has 0 saturated heterocycles. The van der Waals surface area contributed by atoms with E-state index in [1.54, 1.807) is 19.9 Å². The van der Waals surface area contributed by atoms with E-state index < -0.39 is 17.8 Å². The summed E-state index contributed by atoms with van der Waals surface area (Å²) in [7, 11) is 0. The van der Waals surface area contributed by atoms with Gasteiger partial charge >= 0.3 is 5.97 Å². The molecule has 1 aliphatic heterocycles. The second kappa shape index (κ2) is 7.44. The summed E-state index contributed by atoms with van der Waals surface area (Å²) in [6, 6.07) is 3.59. The lowest BCUT2D eigenvalue weighted by Gasteiger charge is -2.19. The van der Waals surface area contributed by atoms with Crippen LogP contribution in [0.25, 0.3) is 0 Å². The van der Waals surface area contributed by atoms with Crippen LogP contribution in [0.5, 0.6) is 0 Å². The molecule has 0 spiro atoms. The van der Waals surface area contributed by atoms with Crippen LogP contribution in [0.2, 0.25) is 5.02 Å². The SMILES string of the molecule is CCOC(=O)C1CC(C(=O)c2cc(Cl)ccc2N)=NN1C(=O)CC. The Balaban J connectivity index is 2.33. The van der Waals surface area contributed by atoms with Crippen LogP contribution in [-0.2, 0) is 14.3 Å². The van der Waals surface area contributed by atoms with E-state index in [2.05, 4.69) is 5.10 Å². The van der Waals surface area contributed by atoms with Gasteiger partial charge in [-0.1, -0.05) is 18.5 Å². The number of carbonyl (C=O) groups excluding carboxylic acids is 3. The third kappa shape index (κ3) is 3.56. The average molecular weight is 352 g/mol. The van der Waals surface area contributed by atoms with Crippen molar-refractivity contribution in [2.45, 2.75) is 32.7 Å². The number of nitrogen functional groups attached to an aromatic ring is 1. The molecule has 0 radical (unpaired) electrons. The highest BCUT2D eigenvalue weighted by molar-refractivity contribution is 6.48. The van der Waals surface area contributed by atoms with E-state index in [0.717, 1.165) is 5.01 Å². The Morgan fingerprint density at radius 3 is 2.71 bits per heavy atom. The number of nitrogens with zero attached hydrogens (tertiary/aromatic N) is 2. The van der Waals surface area contributed by atoms with Gasteiger partial charge in [0.2, 0.25) is 11.7 Å². The van der Waals surface area contributed by atoms with Gasteiger partial charge in [0, 0.05) is 29.1 Å². The van der Waals surface area contributed by atoms with Gasteiger partial charge in [0.05, 0.1) is 6.61 Å². The van der Waals surface area contributed by atoms with Crippen LogP contribution in [0.4, 0.5) is 5.69 Å². The predicted octanol–water partition coefficient (Wildman–Crippen LogP) is 2.03. The molecular weight excluding hydrogens is 334 g/mol. The molecule has 7 nitrogen and oxygen atoms in total. The fourth-order valence-corrected chi connectivity index (χ4v) is 2.51. The van der Waals surface area contributed by atoms with E-state index >= 15 is 0 Å². The molecule has 1 unspecified atom stereocenters. The van der Waals surface area contributed by atoms with Gasteiger partial charge in [-0.15, -0.1) is 0 Å². The Morgan fingerprint density at radius 1 is 1.38 bits per heavy atom. The van der Waals surface area contributed by atoms with Crippen molar-refractivity contribution in [2.24, 2.45) is 5.10 Å². The molecule has 0 aliphatic carbocycles. The predicted molar refractivity (Wildman–Crippen MR) is 89.8 cm³/mol. The Morgan fingerprint density at radius 2 is 2.08 bits per heavy atom. The second-order valence-corrected chi connectivity index (χ2v) is 5.61. The number of anilines is 1. The minimum Gasteiger partial charge on any atom is -0.464 e. The quantitative estimate of drug-likeness (QED) is 0.497. The number of esters is 1. The number of hydrogen-bond donors (Lipinski definition) is 1. The van der Waals surface area contributed by atoms with E-state index in [9.17, 15) is 14.4 Å². The molecular formula is C16H18ClN3O4. The fourth-order valence-electron chi connectivity index (χ4n) is 2.34. The van der Waals surface area contributed by atoms with Crippen LogP contribution in [0.1, 0.15) is 37.0 Å². The van der Waals surface area contributed by atoms with Crippen molar-refractivity contribution in [3.05, 3.63) is 28.8 Å². The maximum Gasteiger partial charge on any atom is 0.331 e. The molecule has 1 aromatic rings. The first-order chi connectivity index (χ1) is 11.4. The van der Waals surface area contributed by atoms with Gasteiger partial charge in [0.1, 0.15) is 5.71 Å². The number of rotatable bonds is 5. The van der Waals surface area contributed by atoms with Crippen LogP contribution in [0.15, 0.2) is 23.3 Å². The normalized spacial score (nSPS) is 16.7. The molecule has 2 rings (SSSR count). The molecule has 1 atom stereocenters. The molecule has 1 aliphatic rings. The Bertz CT molecular complexity index is 717. The van der Waals surface area contributed by atoms with Crippen molar-refractivity contribution in [2.75, 3.05) is 12.3 Å². The van der Waals surface area contributed by atoms with Gasteiger partial charge in [0.15, 0.2) is 6.04 Å². The standard InChI is InChI=1S/C16H18ClN3O4/c1-3-14(21)20-13(16(23)24-4-2)8-12(19-20)15(22)10-7-9(17)5-6-11(10)18/h5-7,13H,3-4,8,18H2,1-2H3. The maximum atomic E-state index is 12.6. The van der Waals surface area contributed by atoms with Crippen LogP contribution < -0.4 is 5.73 Å². The first-order valence-electron chi connectivity index (χ1n) is 7.54. The lowest BCUT2D eigenvalue weighted by Crippen LogP contribution is -2.39. The van der Waals surface area contributed by atoms with E-state index in [1.807, 2.05) is 0 Å². The summed E-state index contributed by atoms with van der Waals surface area (Å²) in [5, 5.41) is 5.42. The Kier molecular flexibility index (Phi) is 5.56. The van der Waals surface area contributed by atoms with Crippen molar-refractivity contribution in [1.82, 2.24) is 5.01 Å². The summed E-state index contributed by atoms with van der Waals surface area (Å²) in [6.07, 6.45) is 0.134. The molecule has 0 aromatic heterocycles. The zero-order chi connectivity index (χ0) is 17.9. The topological polar surface area (TPSA) is 102 Å². The number of carbonyl (C=O) groups is 3. The summed E-state index contributed by atoms with van der Waals surface area (Å²) < 4.78 is 4.96. The van der Waals surface area contributed by atoms with Gasteiger partial charge in [-0.05, 0) is 25.1 Å². The highest BCUT2D eigenvalue weighted by Crippen LogP contribution is 2.24. The minimum atomic E-state index is -0.934. The van der Waals surface area contributed by atoms with Gasteiger partial charge in [-0.2, -0.15) is 5.10 Å². The summed E-state index contributed by atoms with van der Waals surface area (Å²) in [4.78, 5) is 36.7. The molecule has 2 N–H and O–H groups in total. The van der Waals surface area contributed by atoms with Crippen molar-refractivity contribution in [3.8, 4) is 0 Å². The first-order valence-corrected chi connectivity index (χ1v) is 7.92. The third-order valence-corrected chi connectivity index (χ3v) is 3.78. The molecule has 24 heavy (non-hydrogen) atoms. The molecule has 0 bridgehead atoms.